The first-order valence-corrected chi connectivity index (χ1v) is 17.8. The number of carbonyl (C=O) groups excluding carboxylic acids is 2. The van der Waals surface area contributed by atoms with E-state index in [0.717, 1.165) is 53.8 Å². The quantitative estimate of drug-likeness (QED) is 0.206. The number of rotatable bonds is 13. The average Bonchev–Trinajstić information content (AvgIpc) is 2.99. The van der Waals surface area contributed by atoms with Crippen molar-refractivity contribution in [1.82, 2.24) is 10.2 Å². The summed E-state index contributed by atoms with van der Waals surface area (Å²) >= 11 is 19.0. The van der Waals surface area contributed by atoms with E-state index in [0.29, 0.717) is 16.5 Å². The van der Waals surface area contributed by atoms with Crippen LogP contribution in [0.1, 0.15) is 56.1 Å². The second kappa shape index (κ2) is 16.0. The van der Waals surface area contributed by atoms with Gasteiger partial charge in [0.25, 0.3) is 0 Å². The number of benzene rings is 3. The topological polar surface area (TPSA) is 86.8 Å². The molecule has 4 rings (SSSR count). The minimum absolute atomic E-state index is 0.00217. The molecule has 0 bridgehead atoms. The van der Waals surface area contributed by atoms with E-state index < -0.39 is 16.1 Å². The Bertz CT molecular complexity index is 1530. The highest BCUT2D eigenvalue weighted by atomic mass is 35.5. The van der Waals surface area contributed by atoms with Crippen molar-refractivity contribution in [3.63, 3.8) is 0 Å². The number of carbonyl (C=O) groups is 2. The first kappa shape index (κ1) is 34.1. The molecule has 0 unspecified atom stereocenters. The van der Waals surface area contributed by atoms with Crippen LogP contribution in [0.4, 0.5) is 5.69 Å². The molecule has 1 saturated carbocycles. The Morgan fingerprint density at radius 2 is 1.59 bits per heavy atom. The molecular formula is C33H38Cl3N3O4S. The monoisotopic (exact) mass is 677 g/mol. The van der Waals surface area contributed by atoms with Gasteiger partial charge in [0.15, 0.2) is 0 Å². The van der Waals surface area contributed by atoms with Crippen molar-refractivity contribution in [2.75, 3.05) is 17.1 Å². The van der Waals surface area contributed by atoms with E-state index in [9.17, 15) is 18.0 Å². The maximum atomic E-state index is 14.1. The highest BCUT2D eigenvalue weighted by Crippen LogP contribution is 2.31. The van der Waals surface area contributed by atoms with Crippen molar-refractivity contribution in [2.45, 2.75) is 70.0 Å². The van der Waals surface area contributed by atoms with E-state index in [1.807, 2.05) is 48.5 Å². The lowest BCUT2D eigenvalue weighted by atomic mass is 9.94. The summed E-state index contributed by atoms with van der Waals surface area (Å²) in [6.07, 6.45) is 6.69. The van der Waals surface area contributed by atoms with Crippen LogP contribution in [0, 0.1) is 0 Å². The van der Waals surface area contributed by atoms with Crippen LogP contribution < -0.4 is 9.62 Å². The third-order valence-electron chi connectivity index (χ3n) is 7.85. The third-order valence-corrected chi connectivity index (χ3v) is 9.95. The molecule has 7 nitrogen and oxygen atoms in total. The Labute approximate surface area is 275 Å². The van der Waals surface area contributed by atoms with Crippen molar-refractivity contribution in [3.8, 4) is 0 Å². The maximum absolute atomic E-state index is 14.1. The number of hydrogen-bond acceptors (Lipinski definition) is 4. The van der Waals surface area contributed by atoms with Gasteiger partial charge in [-0.3, -0.25) is 13.9 Å². The molecule has 1 fully saturated rings. The second-order valence-corrected chi connectivity index (χ2v) is 14.4. The Balaban J connectivity index is 1.61. The molecule has 44 heavy (non-hydrogen) atoms. The molecule has 0 aromatic heterocycles. The first-order chi connectivity index (χ1) is 21.0. The van der Waals surface area contributed by atoms with Crippen molar-refractivity contribution >= 4 is 62.3 Å². The zero-order chi connectivity index (χ0) is 31.7. The molecule has 1 aliphatic carbocycles. The Morgan fingerprint density at radius 1 is 0.909 bits per heavy atom. The fourth-order valence-corrected chi connectivity index (χ4v) is 7.17. The van der Waals surface area contributed by atoms with Crippen molar-refractivity contribution < 1.29 is 18.0 Å². The minimum atomic E-state index is -3.73. The van der Waals surface area contributed by atoms with Crippen LogP contribution >= 0.6 is 34.8 Å². The van der Waals surface area contributed by atoms with Gasteiger partial charge in [0.2, 0.25) is 21.8 Å². The van der Waals surface area contributed by atoms with Crippen LogP contribution in [-0.2, 0) is 32.6 Å². The number of halogens is 3. The fraction of sp³-hybridized carbons (Fsp3) is 0.394. The molecule has 236 valence electrons. The van der Waals surface area contributed by atoms with Crippen molar-refractivity contribution in [2.24, 2.45) is 0 Å². The number of hydrogen-bond donors (Lipinski definition) is 1. The second-order valence-electron chi connectivity index (χ2n) is 11.2. The molecule has 0 radical (unpaired) electrons. The summed E-state index contributed by atoms with van der Waals surface area (Å²) in [5.74, 6) is -0.486. The minimum Gasteiger partial charge on any atom is -0.352 e. The van der Waals surface area contributed by atoms with Gasteiger partial charge >= 0.3 is 0 Å². The molecule has 0 aliphatic heterocycles. The van der Waals surface area contributed by atoms with E-state index in [1.54, 1.807) is 17.0 Å². The molecule has 1 aliphatic rings. The van der Waals surface area contributed by atoms with Crippen LogP contribution in [0.5, 0.6) is 0 Å². The van der Waals surface area contributed by atoms with Gasteiger partial charge < -0.3 is 10.2 Å². The van der Waals surface area contributed by atoms with Gasteiger partial charge in [-0.1, -0.05) is 103 Å². The normalized spacial score (nSPS) is 14.5. The molecule has 11 heteroatoms. The Morgan fingerprint density at radius 3 is 2.27 bits per heavy atom. The van der Waals surface area contributed by atoms with Crippen LogP contribution in [0.25, 0.3) is 0 Å². The van der Waals surface area contributed by atoms with Crippen LogP contribution in [0.3, 0.4) is 0 Å². The summed E-state index contributed by atoms with van der Waals surface area (Å²) in [5, 5.41) is 4.29. The summed E-state index contributed by atoms with van der Waals surface area (Å²) in [5.41, 5.74) is 1.89. The van der Waals surface area contributed by atoms with Crippen LogP contribution in [0.15, 0.2) is 72.8 Å². The molecule has 3 aromatic carbocycles. The smallest absolute Gasteiger partial charge is 0.243 e. The lowest BCUT2D eigenvalue weighted by Crippen LogP contribution is -2.53. The van der Waals surface area contributed by atoms with E-state index >= 15 is 0 Å². The average molecular weight is 679 g/mol. The highest BCUT2D eigenvalue weighted by molar-refractivity contribution is 7.92. The fourth-order valence-electron chi connectivity index (χ4n) is 5.57. The van der Waals surface area contributed by atoms with Crippen molar-refractivity contribution in [1.29, 1.82) is 0 Å². The standard InChI is InChI=1S/C33H38Cl3N3O4S/c1-44(42,43)39(30-22-26(34)18-19-29(30)36)20-10-17-32(40)38(23-25-13-8-9-16-28(25)35)31(21-24-11-4-2-5-12-24)33(41)37-27-14-6-3-7-15-27/h2,4-5,8-9,11-13,16,18-19,22,27,31H,3,6-7,10,14-15,17,20-21,23H2,1H3,(H,37,41)/t31-/m0/s1. The molecule has 0 saturated heterocycles. The van der Waals surface area contributed by atoms with Gasteiger partial charge in [-0.05, 0) is 54.7 Å². The van der Waals surface area contributed by atoms with E-state index in [1.165, 1.54) is 12.1 Å². The summed E-state index contributed by atoms with van der Waals surface area (Å²) < 4.78 is 26.6. The van der Waals surface area contributed by atoms with Gasteiger partial charge in [0, 0.05) is 42.0 Å². The zero-order valence-corrected chi connectivity index (χ0v) is 27.8. The molecule has 0 spiro atoms. The predicted octanol–water partition coefficient (Wildman–Crippen LogP) is 7.28. The number of sulfonamides is 1. The molecule has 2 amide bonds. The molecular weight excluding hydrogens is 641 g/mol. The van der Waals surface area contributed by atoms with Crippen molar-refractivity contribution in [3.05, 3.63) is 99.0 Å². The molecule has 3 aromatic rings. The van der Waals surface area contributed by atoms with Crippen LogP contribution in [0.2, 0.25) is 15.1 Å². The van der Waals surface area contributed by atoms with Crippen LogP contribution in [-0.4, -0.2) is 50.0 Å². The Hall–Kier alpha value is -2.78. The van der Waals surface area contributed by atoms with Gasteiger partial charge in [-0.15, -0.1) is 0 Å². The lowest BCUT2D eigenvalue weighted by Gasteiger charge is -2.34. The maximum Gasteiger partial charge on any atom is 0.243 e. The largest absolute Gasteiger partial charge is 0.352 e. The van der Waals surface area contributed by atoms with Gasteiger partial charge in [0.1, 0.15) is 6.04 Å². The predicted molar refractivity (Wildman–Crippen MR) is 179 cm³/mol. The summed E-state index contributed by atoms with van der Waals surface area (Å²) in [7, 11) is -3.73. The number of nitrogens with zero attached hydrogens (tertiary/aromatic N) is 2. The van der Waals surface area contributed by atoms with E-state index in [-0.39, 0.29) is 54.5 Å². The molecule has 1 atom stereocenters. The summed E-state index contributed by atoms with van der Waals surface area (Å²) in [6, 6.07) is 20.7. The van der Waals surface area contributed by atoms with Gasteiger partial charge in [0.05, 0.1) is 17.0 Å². The zero-order valence-electron chi connectivity index (χ0n) is 24.7. The first-order valence-electron chi connectivity index (χ1n) is 14.8. The summed E-state index contributed by atoms with van der Waals surface area (Å²) in [4.78, 5) is 29.6. The number of amides is 2. The summed E-state index contributed by atoms with van der Waals surface area (Å²) in [6.45, 7) is 0.131. The molecule has 0 heterocycles. The van der Waals surface area contributed by atoms with E-state index in [4.69, 9.17) is 34.8 Å². The molecule has 1 N–H and O–H groups in total. The number of nitrogens with one attached hydrogen (secondary N) is 1. The highest BCUT2D eigenvalue weighted by Gasteiger charge is 2.32. The number of anilines is 1. The SMILES string of the molecule is CS(=O)(=O)N(CCCC(=O)N(Cc1ccccc1Cl)[C@@H](Cc1ccccc1)C(=O)NC1CCCCC1)c1cc(Cl)ccc1Cl. The third kappa shape index (κ3) is 9.61. The lowest BCUT2D eigenvalue weighted by molar-refractivity contribution is -0.141. The van der Waals surface area contributed by atoms with Gasteiger partial charge in [-0.25, -0.2) is 8.42 Å². The van der Waals surface area contributed by atoms with Gasteiger partial charge in [-0.2, -0.15) is 0 Å². The van der Waals surface area contributed by atoms with E-state index in [2.05, 4.69) is 5.32 Å². The Kier molecular flexibility index (Phi) is 12.4.